The van der Waals surface area contributed by atoms with Gasteiger partial charge in [0.15, 0.2) is 0 Å². The van der Waals surface area contributed by atoms with Crippen LogP contribution in [0.4, 0.5) is 9.18 Å². The van der Waals surface area contributed by atoms with Crippen molar-refractivity contribution in [2.75, 3.05) is 13.2 Å². The molecule has 7 nitrogen and oxygen atoms in total. The number of urea groups is 1. The van der Waals surface area contributed by atoms with Crippen molar-refractivity contribution in [2.45, 2.75) is 58.7 Å². The van der Waals surface area contributed by atoms with Crippen LogP contribution in [0.5, 0.6) is 11.6 Å². The Morgan fingerprint density at radius 1 is 1.23 bits per heavy atom. The topological polar surface area (TPSA) is 68.6 Å². The normalized spacial score (nSPS) is 15.4. The van der Waals surface area contributed by atoms with Gasteiger partial charge in [0.05, 0.1) is 29.6 Å². The van der Waals surface area contributed by atoms with Crippen LogP contribution in [0.25, 0.3) is 5.69 Å². The lowest BCUT2D eigenvalue weighted by atomic mass is 10.1. The number of amides is 2. The number of ether oxygens (including phenoxy) is 2. The van der Waals surface area contributed by atoms with Crippen LogP contribution in [0.3, 0.4) is 0 Å². The summed E-state index contributed by atoms with van der Waals surface area (Å²) in [6, 6.07) is 15.4. The van der Waals surface area contributed by atoms with E-state index in [0.717, 1.165) is 30.7 Å². The van der Waals surface area contributed by atoms with E-state index in [4.69, 9.17) is 14.6 Å². The van der Waals surface area contributed by atoms with E-state index in [0.29, 0.717) is 36.8 Å². The number of carbonyl (C=O) groups excluding carboxylic acids is 1. The predicted molar refractivity (Wildman–Crippen MR) is 132 cm³/mol. The van der Waals surface area contributed by atoms with Gasteiger partial charge in [0.1, 0.15) is 11.6 Å². The highest BCUT2D eigenvalue weighted by Crippen LogP contribution is 2.32. The van der Waals surface area contributed by atoms with Crippen LogP contribution in [0.2, 0.25) is 0 Å². The Labute approximate surface area is 205 Å². The van der Waals surface area contributed by atoms with Crippen molar-refractivity contribution in [3.63, 3.8) is 0 Å². The standard InChI is InChI=1S/C27H33FN4O3/c1-4-25-24(18-31(27(33)29-19(2)3)17-23-11-8-16-34-23)26(35-22-9-6-5-7-10-22)32(30-25)21-14-12-20(28)13-15-21/h5-7,9-10,12-15,19,23H,4,8,11,16-18H2,1-3H3,(H,29,33)/t23-/m0/s1. The maximum Gasteiger partial charge on any atom is 0.317 e. The van der Waals surface area contributed by atoms with Crippen LogP contribution >= 0.6 is 0 Å². The van der Waals surface area contributed by atoms with Crippen LogP contribution in [0.15, 0.2) is 54.6 Å². The maximum absolute atomic E-state index is 13.6. The zero-order chi connectivity index (χ0) is 24.8. The van der Waals surface area contributed by atoms with Gasteiger partial charge in [-0.2, -0.15) is 5.10 Å². The summed E-state index contributed by atoms with van der Waals surface area (Å²) in [5.74, 6) is 0.835. The van der Waals surface area contributed by atoms with E-state index < -0.39 is 0 Å². The van der Waals surface area contributed by atoms with Crippen molar-refractivity contribution >= 4 is 6.03 Å². The van der Waals surface area contributed by atoms with Gasteiger partial charge in [-0.05, 0) is 69.5 Å². The lowest BCUT2D eigenvalue weighted by Gasteiger charge is -2.27. The van der Waals surface area contributed by atoms with Gasteiger partial charge in [-0.15, -0.1) is 0 Å². The highest BCUT2D eigenvalue weighted by molar-refractivity contribution is 5.74. The third-order valence-electron chi connectivity index (χ3n) is 5.88. The zero-order valence-electron chi connectivity index (χ0n) is 20.5. The van der Waals surface area contributed by atoms with Crippen molar-refractivity contribution in [3.8, 4) is 17.3 Å². The fraction of sp³-hybridized carbons (Fsp3) is 0.407. The average Bonchev–Trinajstić information content (AvgIpc) is 3.48. The number of aromatic nitrogens is 2. The summed E-state index contributed by atoms with van der Waals surface area (Å²) in [5.41, 5.74) is 2.31. The molecule has 35 heavy (non-hydrogen) atoms. The average molecular weight is 481 g/mol. The molecule has 2 amide bonds. The summed E-state index contributed by atoms with van der Waals surface area (Å²) >= 11 is 0. The molecule has 1 aliphatic heterocycles. The SMILES string of the molecule is CCc1nn(-c2ccc(F)cc2)c(Oc2ccccc2)c1CN(C[C@@H]1CCCO1)C(=O)NC(C)C. The molecule has 1 fully saturated rings. The van der Waals surface area contributed by atoms with E-state index in [1.165, 1.54) is 12.1 Å². The number of hydrogen-bond donors (Lipinski definition) is 1. The summed E-state index contributed by atoms with van der Waals surface area (Å²) in [4.78, 5) is 15.0. The number of nitrogens with one attached hydrogen (secondary N) is 1. The Balaban J connectivity index is 1.75. The molecule has 1 aliphatic rings. The molecule has 2 heterocycles. The summed E-state index contributed by atoms with van der Waals surface area (Å²) in [6.07, 6.45) is 2.57. The largest absolute Gasteiger partial charge is 0.439 e. The fourth-order valence-corrected chi connectivity index (χ4v) is 4.17. The minimum absolute atomic E-state index is 0.00196. The molecule has 0 saturated carbocycles. The van der Waals surface area contributed by atoms with Gasteiger partial charge in [-0.1, -0.05) is 25.1 Å². The van der Waals surface area contributed by atoms with Gasteiger partial charge in [0.2, 0.25) is 5.88 Å². The molecular formula is C27H33FN4O3. The van der Waals surface area contributed by atoms with Crippen LogP contribution < -0.4 is 10.1 Å². The molecule has 4 rings (SSSR count). The van der Waals surface area contributed by atoms with Gasteiger partial charge >= 0.3 is 6.03 Å². The van der Waals surface area contributed by atoms with Crippen molar-refractivity contribution in [1.82, 2.24) is 20.0 Å². The Bertz CT molecular complexity index is 1110. The number of aryl methyl sites for hydroxylation is 1. The number of hydrogen-bond acceptors (Lipinski definition) is 4. The molecule has 8 heteroatoms. The second-order valence-corrected chi connectivity index (χ2v) is 9.01. The molecule has 1 N–H and O–H groups in total. The van der Waals surface area contributed by atoms with Crippen LogP contribution in [0.1, 0.15) is 44.9 Å². The van der Waals surface area contributed by atoms with Gasteiger partial charge in [0.25, 0.3) is 0 Å². The smallest absolute Gasteiger partial charge is 0.317 e. The summed E-state index contributed by atoms with van der Waals surface area (Å²) in [6.45, 7) is 7.41. The first kappa shape index (κ1) is 24.7. The third kappa shape index (κ3) is 6.19. The minimum atomic E-state index is -0.324. The van der Waals surface area contributed by atoms with E-state index in [2.05, 4.69) is 5.32 Å². The Hall–Kier alpha value is -3.39. The second-order valence-electron chi connectivity index (χ2n) is 9.01. The minimum Gasteiger partial charge on any atom is -0.439 e. The summed E-state index contributed by atoms with van der Waals surface area (Å²) < 4.78 is 27.5. The van der Waals surface area contributed by atoms with Crippen LogP contribution in [-0.2, 0) is 17.7 Å². The lowest BCUT2D eigenvalue weighted by Crippen LogP contribution is -2.45. The van der Waals surface area contributed by atoms with E-state index in [-0.39, 0.29) is 24.0 Å². The molecule has 0 radical (unpaired) electrons. The van der Waals surface area contributed by atoms with Gasteiger partial charge in [0, 0.05) is 19.2 Å². The first-order chi connectivity index (χ1) is 16.9. The lowest BCUT2D eigenvalue weighted by molar-refractivity contribution is 0.0788. The van der Waals surface area contributed by atoms with Crippen molar-refractivity contribution in [1.29, 1.82) is 0 Å². The molecule has 3 aromatic rings. The number of nitrogens with zero attached hydrogens (tertiary/aromatic N) is 3. The zero-order valence-corrected chi connectivity index (χ0v) is 20.5. The summed E-state index contributed by atoms with van der Waals surface area (Å²) in [7, 11) is 0. The number of halogens is 1. The van der Waals surface area contributed by atoms with E-state index >= 15 is 0 Å². The highest BCUT2D eigenvalue weighted by atomic mass is 19.1. The fourth-order valence-electron chi connectivity index (χ4n) is 4.17. The number of carbonyl (C=O) groups is 1. The number of para-hydroxylation sites is 1. The van der Waals surface area contributed by atoms with E-state index in [1.807, 2.05) is 51.1 Å². The Kier molecular flexibility index (Phi) is 8.02. The molecule has 2 aromatic carbocycles. The van der Waals surface area contributed by atoms with E-state index in [1.54, 1.807) is 21.7 Å². The molecule has 1 atom stereocenters. The molecule has 0 aliphatic carbocycles. The summed E-state index contributed by atoms with van der Waals surface area (Å²) in [5, 5.41) is 7.82. The predicted octanol–water partition coefficient (Wildman–Crippen LogP) is 5.47. The second kappa shape index (κ2) is 11.4. The van der Waals surface area contributed by atoms with E-state index in [9.17, 15) is 9.18 Å². The molecule has 0 spiro atoms. The van der Waals surface area contributed by atoms with Gasteiger partial charge < -0.3 is 19.7 Å². The molecule has 186 valence electrons. The van der Waals surface area contributed by atoms with Crippen molar-refractivity contribution in [3.05, 3.63) is 71.7 Å². The third-order valence-corrected chi connectivity index (χ3v) is 5.88. The van der Waals surface area contributed by atoms with Gasteiger partial charge in [-0.25, -0.2) is 13.9 Å². The highest BCUT2D eigenvalue weighted by Gasteiger charge is 2.28. The van der Waals surface area contributed by atoms with Crippen LogP contribution in [-0.4, -0.2) is 46.0 Å². The number of benzene rings is 2. The molecule has 1 saturated heterocycles. The Morgan fingerprint density at radius 2 is 1.97 bits per heavy atom. The Morgan fingerprint density at radius 3 is 2.60 bits per heavy atom. The van der Waals surface area contributed by atoms with Gasteiger partial charge in [-0.3, -0.25) is 0 Å². The molecule has 0 bridgehead atoms. The first-order valence-corrected chi connectivity index (χ1v) is 12.2. The van der Waals surface area contributed by atoms with Crippen molar-refractivity contribution in [2.24, 2.45) is 0 Å². The molecule has 1 aromatic heterocycles. The molecular weight excluding hydrogens is 447 g/mol. The van der Waals surface area contributed by atoms with Crippen LogP contribution in [0, 0.1) is 5.82 Å². The molecule has 0 unspecified atom stereocenters. The number of rotatable bonds is 9. The first-order valence-electron chi connectivity index (χ1n) is 12.2. The van der Waals surface area contributed by atoms with Crippen molar-refractivity contribution < 1.29 is 18.7 Å². The monoisotopic (exact) mass is 480 g/mol. The maximum atomic E-state index is 13.6. The quantitative estimate of drug-likeness (QED) is 0.441.